The fraction of sp³-hybridized carbons (Fsp3) is 0.583. The van der Waals surface area contributed by atoms with E-state index in [0.29, 0.717) is 35.0 Å². The molecule has 5 rings (SSSR count). The van der Waals surface area contributed by atoms with Gasteiger partial charge in [0.1, 0.15) is 5.82 Å². The fourth-order valence-electron chi connectivity index (χ4n) is 5.87. The molecule has 33 heavy (non-hydrogen) atoms. The van der Waals surface area contributed by atoms with Gasteiger partial charge < -0.3 is 9.80 Å². The highest BCUT2D eigenvalue weighted by atomic mass is 32.2. The highest BCUT2D eigenvalue weighted by molar-refractivity contribution is 7.88. The standard InChI is InChI=1S/C24H31FN4O3S/c1-33(31,32)29-14-12-28(13-15-29)23(30)20-17-26-21-5-4-18(25)16-19(21)22(20)27-10-8-24(9-11-27)6-2-3-7-24/h4-5,16-17H,2-3,6-15H2,1H3. The number of nitrogens with zero attached hydrogens (tertiary/aromatic N) is 4. The van der Waals surface area contributed by atoms with E-state index in [-0.39, 0.29) is 24.8 Å². The lowest BCUT2D eigenvalue weighted by Gasteiger charge is -2.41. The van der Waals surface area contributed by atoms with Crippen molar-refractivity contribution < 1.29 is 17.6 Å². The van der Waals surface area contributed by atoms with Crippen LogP contribution in [0.5, 0.6) is 0 Å². The van der Waals surface area contributed by atoms with Crippen LogP contribution >= 0.6 is 0 Å². The number of anilines is 1. The highest BCUT2D eigenvalue weighted by Crippen LogP contribution is 2.47. The van der Waals surface area contributed by atoms with Gasteiger partial charge in [-0.3, -0.25) is 9.78 Å². The Hall–Kier alpha value is -2.26. The summed E-state index contributed by atoms with van der Waals surface area (Å²) in [7, 11) is -3.28. The van der Waals surface area contributed by atoms with Crippen molar-refractivity contribution in [1.82, 2.24) is 14.2 Å². The van der Waals surface area contributed by atoms with Crippen molar-refractivity contribution in [1.29, 1.82) is 0 Å². The zero-order chi connectivity index (χ0) is 23.2. The SMILES string of the molecule is CS(=O)(=O)N1CCN(C(=O)c2cnc3ccc(F)cc3c2N2CCC3(CCCC3)CC2)CC1. The molecule has 1 aliphatic carbocycles. The first-order valence-corrected chi connectivity index (χ1v) is 13.7. The molecule has 3 fully saturated rings. The lowest BCUT2D eigenvalue weighted by Crippen LogP contribution is -2.50. The maximum absolute atomic E-state index is 14.3. The normalized spacial score (nSPS) is 21.8. The summed E-state index contributed by atoms with van der Waals surface area (Å²) in [5, 5.41) is 0.665. The number of aromatic nitrogens is 1. The second-order valence-corrected chi connectivity index (χ2v) is 11.8. The number of carbonyl (C=O) groups is 1. The summed E-state index contributed by atoms with van der Waals surface area (Å²) in [6.07, 6.45) is 10.1. The number of hydrogen-bond acceptors (Lipinski definition) is 5. The van der Waals surface area contributed by atoms with Crippen molar-refractivity contribution in [3.63, 3.8) is 0 Å². The minimum Gasteiger partial charge on any atom is -0.370 e. The molecule has 0 bridgehead atoms. The molecule has 1 aromatic carbocycles. The molecule has 1 aromatic heterocycles. The van der Waals surface area contributed by atoms with E-state index in [2.05, 4.69) is 9.88 Å². The van der Waals surface area contributed by atoms with E-state index in [1.807, 2.05) is 0 Å². The molecule has 0 N–H and O–H groups in total. The van der Waals surface area contributed by atoms with Gasteiger partial charge in [-0.1, -0.05) is 12.8 Å². The Morgan fingerprint density at radius 1 is 1.00 bits per heavy atom. The number of fused-ring (bicyclic) bond motifs is 1. The summed E-state index contributed by atoms with van der Waals surface area (Å²) in [6.45, 7) is 2.91. The third-order valence-electron chi connectivity index (χ3n) is 7.83. The van der Waals surface area contributed by atoms with E-state index in [1.54, 1.807) is 17.2 Å². The number of sulfonamides is 1. The van der Waals surface area contributed by atoms with Crippen LogP contribution in [0.15, 0.2) is 24.4 Å². The third kappa shape index (κ3) is 4.33. The number of halogens is 1. The van der Waals surface area contributed by atoms with Crippen LogP contribution in [0.3, 0.4) is 0 Å². The van der Waals surface area contributed by atoms with Crippen LogP contribution in [-0.4, -0.2) is 74.0 Å². The molecule has 3 aliphatic rings. The summed E-state index contributed by atoms with van der Waals surface area (Å²) in [6, 6.07) is 4.54. The Kier molecular flexibility index (Phi) is 5.81. The number of carbonyl (C=O) groups excluding carboxylic acids is 1. The van der Waals surface area contributed by atoms with Gasteiger partial charge in [0.25, 0.3) is 5.91 Å². The summed E-state index contributed by atoms with van der Waals surface area (Å²) >= 11 is 0. The average Bonchev–Trinajstić information content (AvgIpc) is 3.26. The smallest absolute Gasteiger partial charge is 0.257 e. The molecular formula is C24H31FN4O3S. The van der Waals surface area contributed by atoms with Crippen molar-refractivity contribution >= 4 is 32.5 Å². The molecule has 3 heterocycles. The number of piperidine rings is 1. The lowest BCUT2D eigenvalue weighted by molar-refractivity contribution is 0.0698. The highest BCUT2D eigenvalue weighted by Gasteiger charge is 2.38. The van der Waals surface area contributed by atoms with E-state index in [9.17, 15) is 17.6 Å². The van der Waals surface area contributed by atoms with Crippen molar-refractivity contribution in [2.45, 2.75) is 38.5 Å². The molecule has 1 saturated carbocycles. The van der Waals surface area contributed by atoms with Gasteiger partial charge in [-0.15, -0.1) is 0 Å². The van der Waals surface area contributed by atoms with Gasteiger partial charge in [0.05, 0.1) is 23.0 Å². The molecular weight excluding hydrogens is 443 g/mol. The molecule has 9 heteroatoms. The van der Waals surface area contributed by atoms with Gasteiger partial charge in [0.2, 0.25) is 10.0 Å². The van der Waals surface area contributed by atoms with Crippen LogP contribution in [-0.2, 0) is 10.0 Å². The predicted octanol–water partition coefficient (Wildman–Crippen LogP) is 3.25. The molecule has 2 saturated heterocycles. The third-order valence-corrected chi connectivity index (χ3v) is 9.13. The topological polar surface area (TPSA) is 73.8 Å². The van der Waals surface area contributed by atoms with Gasteiger partial charge in [0, 0.05) is 50.9 Å². The van der Waals surface area contributed by atoms with Crippen molar-refractivity contribution in [3.05, 3.63) is 35.8 Å². The van der Waals surface area contributed by atoms with Gasteiger partial charge in [-0.05, 0) is 49.3 Å². The van der Waals surface area contributed by atoms with Crippen LogP contribution in [0.1, 0.15) is 48.9 Å². The van der Waals surface area contributed by atoms with Crippen LogP contribution in [0, 0.1) is 11.2 Å². The number of hydrogen-bond donors (Lipinski definition) is 0. The monoisotopic (exact) mass is 474 g/mol. The zero-order valence-electron chi connectivity index (χ0n) is 19.1. The zero-order valence-corrected chi connectivity index (χ0v) is 19.9. The predicted molar refractivity (Wildman–Crippen MR) is 126 cm³/mol. The van der Waals surface area contributed by atoms with Crippen molar-refractivity contribution in [3.8, 4) is 0 Å². The maximum atomic E-state index is 14.3. The Morgan fingerprint density at radius 2 is 1.67 bits per heavy atom. The van der Waals surface area contributed by atoms with Gasteiger partial charge in [-0.25, -0.2) is 12.8 Å². The van der Waals surface area contributed by atoms with Crippen LogP contribution in [0.2, 0.25) is 0 Å². The first kappa shape index (κ1) is 22.5. The van der Waals surface area contributed by atoms with E-state index in [1.165, 1.54) is 48.4 Å². The molecule has 2 aromatic rings. The molecule has 0 radical (unpaired) electrons. The van der Waals surface area contributed by atoms with Gasteiger partial charge in [0.15, 0.2) is 0 Å². The van der Waals surface area contributed by atoms with Gasteiger partial charge >= 0.3 is 0 Å². The van der Waals surface area contributed by atoms with Crippen molar-refractivity contribution in [2.24, 2.45) is 5.41 Å². The fourth-order valence-corrected chi connectivity index (χ4v) is 6.70. The molecule has 1 amide bonds. The summed E-state index contributed by atoms with van der Waals surface area (Å²) in [5.41, 5.74) is 2.34. The van der Waals surface area contributed by atoms with Crippen LogP contribution < -0.4 is 4.90 Å². The summed E-state index contributed by atoms with van der Waals surface area (Å²) in [5.74, 6) is -0.515. The Bertz CT molecular complexity index is 1160. The van der Waals surface area contributed by atoms with E-state index in [0.717, 1.165) is 31.6 Å². The number of pyridine rings is 1. The molecule has 2 aliphatic heterocycles. The second-order valence-electron chi connectivity index (χ2n) is 9.83. The average molecular weight is 475 g/mol. The number of rotatable bonds is 3. The first-order valence-electron chi connectivity index (χ1n) is 11.8. The van der Waals surface area contributed by atoms with Crippen molar-refractivity contribution in [2.75, 3.05) is 50.4 Å². The molecule has 178 valence electrons. The maximum Gasteiger partial charge on any atom is 0.257 e. The second kappa shape index (κ2) is 8.51. The largest absolute Gasteiger partial charge is 0.370 e. The van der Waals surface area contributed by atoms with Gasteiger partial charge in [-0.2, -0.15) is 4.31 Å². The van der Waals surface area contributed by atoms with Crippen LogP contribution in [0.25, 0.3) is 10.9 Å². The quantitative estimate of drug-likeness (QED) is 0.683. The van der Waals surface area contributed by atoms with Crippen LogP contribution in [0.4, 0.5) is 10.1 Å². The molecule has 1 spiro atoms. The minimum absolute atomic E-state index is 0.169. The van der Waals surface area contributed by atoms with E-state index in [4.69, 9.17) is 0 Å². The van der Waals surface area contributed by atoms with E-state index < -0.39 is 10.0 Å². The molecule has 7 nitrogen and oxygen atoms in total. The Labute approximate surface area is 194 Å². The Balaban J connectivity index is 1.47. The number of amides is 1. The minimum atomic E-state index is -3.28. The first-order chi connectivity index (χ1) is 15.8. The Morgan fingerprint density at radius 3 is 2.30 bits per heavy atom. The van der Waals surface area contributed by atoms with E-state index >= 15 is 0 Å². The number of benzene rings is 1. The summed E-state index contributed by atoms with van der Waals surface area (Å²) in [4.78, 5) is 22.0. The number of piperazine rings is 1. The summed E-state index contributed by atoms with van der Waals surface area (Å²) < 4.78 is 39.4. The molecule has 0 atom stereocenters. The molecule has 0 unspecified atom stereocenters. The lowest BCUT2D eigenvalue weighted by atomic mass is 9.77.